The lowest BCUT2D eigenvalue weighted by atomic mass is 9.99. The number of aliphatic hydroxyl groups excluding tert-OH is 2. The minimum atomic E-state index is -0.834. The van der Waals surface area contributed by atoms with E-state index < -0.39 is 11.0 Å². The third kappa shape index (κ3) is 3.33. The van der Waals surface area contributed by atoms with E-state index >= 15 is 0 Å². The maximum absolute atomic E-state index is 10.6. The van der Waals surface area contributed by atoms with Crippen LogP contribution in [0.5, 0.6) is 0 Å². The van der Waals surface area contributed by atoms with Crippen molar-refractivity contribution >= 4 is 5.69 Å². The van der Waals surface area contributed by atoms with Gasteiger partial charge in [0.15, 0.2) is 0 Å². The molecule has 0 unspecified atom stereocenters. The Hall–Kier alpha value is -1.50. The van der Waals surface area contributed by atoms with Gasteiger partial charge in [-0.15, -0.1) is 0 Å². The molecule has 1 heterocycles. The molecule has 0 aromatic heterocycles. The molecule has 0 saturated carbocycles. The minimum Gasteiger partial charge on any atom is -0.395 e. The van der Waals surface area contributed by atoms with Crippen LogP contribution in [0.15, 0.2) is 24.3 Å². The van der Waals surface area contributed by atoms with E-state index in [1.807, 2.05) is 0 Å². The summed E-state index contributed by atoms with van der Waals surface area (Å²) in [6, 6.07) is 5.51. The zero-order valence-corrected chi connectivity index (χ0v) is 11.3. The SMILES string of the molecule is O=[N+]([O-])c1ccc([C@@H](O)[C@@H](CO)N2CCCCC2)cc1. The summed E-state index contributed by atoms with van der Waals surface area (Å²) in [4.78, 5) is 12.2. The molecule has 0 bridgehead atoms. The number of aliphatic hydroxyl groups is 2. The Kier molecular flexibility index (Phi) is 5.05. The van der Waals surface area contributed by atoms with Crippen molar-refractivity contribution in [2.45, 2.75) is 31.4 Å². The molecule has 0 amide bonds. The van der Waals surface area contributed by atoms with Crippen molar-refractivity contribution in [1.29, 1.82) is 0 Å². The molecule has 1 aromatic carbocycles. The summed E-state index contributed by atoms with van der Waals surface area (Å²) < 4.78 is 0. The number of nitrogens with zero attached hydrogens (tertiary/aromatic N) is 2. The Labute approximate surface area is 117 Å². The van der Waals surface area contributed by atoms with E-state index in [1.165, 1.54) is 18.6 Å². The summed E-state index contributed by atoms with van der Waals surface area (Å²) in [6.07, 6.45) is 2.49. The first-order valence-electron chi connectivity index (χ1n) is 6.91. The predicted octanol–water partition coefficient (Wildman–Crippen LogP) is 1.47. The van der Waals surface area contributed by atoms with Gasteiger partial charge in [0.05, 0.1) is 23.7 Å². The Morgan fingerprint density at radius 2 is 1.80 bits per heavy atom. The van der Waals surface area contributed by atoms with Crippen molar-refractivity contribution < 1.29 is 15.1 Å². The van der Waals surface area contributed by atoms with Crippen molar-refractivity contribution in [3.63, 3.8) is 0 Å². The summed E-state index contributed by atoms with van der Waals surface area (Å²) in [5, 5.41) is 30.5. The van der Waals surface area contributed by atoms with Crippen LogP contribution in [0, 0.1) is 10.1 Å². The molecule has 6 heteroatoms. The van der Waals surface area contributed by atoms with E-state index in [-0.39, 0.29) is 18.3 Å². The quantitative estimate of drug-likeness (QED) is 0.630. The van der Waals surface area contributed by atoms with E-state index in [9.17, 15) is 20.3 Å². The number of non-ortho nitro benzene ring substituents is 1. The minimum absolute atomic E-state index is 0.000490. The molecule has 20 heavy (non-hydrogen) atoms. The second-order valence-electron chi connectivity index (χ2n) is 5.14. The smallest absolute Gasteiger partial charge is 0.269 e. The van der Waals surface area contributed by atoms with Crippen LogP contribution in [0.3, 0.4) is 0 Å². The number of benzene rings is 1. The molecule has 2 N–H and O–H groups in total. The van der Waals surface area contributed by atoms with Crippen molar-refractivity contribution in [2.24, 2.45) is 0 Å². The fourth-order valence-electron chi connectivity index (χ4n) is 2.68. The maximum Gasteiger partial charge on any atom is 0.269 e. The molecule has 1 aliphatic heterocycles. The first kappa shape index (κ1) is 14.9. The second-order valence-corrected chi connectivity index (χ2v) is 5.14. The van der Waals surface area contributed by atoms with Crippen LogP contribution in [0.25, 0.3) is 0 Å². The van der Waals surface area contributed by atoms with Crippen LogP contribution < -0.4 is 0 Å². The third-order valence-electron chi connectivity index (χ3n) is 3.86. The summed E-state index contributed by atoms with van der Waals surface area (Å²) in [5.41, 5.74) is 0.597. The van der Waals surface area contributed by atoms with Crippen LogP contribution >= 0.6 is 0 Å². The first-order chi connectivity index (χ1) is 9.63. The third-order valence-corrected chi connectivity index (χ3v) is 3.86. The molecule has 1 aromatic rings. The fraction of sp³-hybridized carbons (Fsp3) is 0.571. The molecule has 2 atom stereocenters. The molecule has 1 fully saturated rings. The lowest BCUT2D eigenvalue weighted by molar-refractivity contribution is -0.384. The highest BCUT2D eigenvalue weighted by Gasteiger charge is 2.27. The topological polar surface area (TPSA) is 86.8 Å². The number of piperidine rings is 1. The van der Waals surface area contributed by atoms with Gasteiger partial charge in [0, 0.05) is 12.1 Å². The van der Waals surface area contributed by atoms with Gasteiger partial charge in [0.1, 0.15) is 0 Å². The van der Waals surface area contributed by atoms with Crippen LogP contribution in [0.2, 0.25) is 0 Å². The largest absolute Gasteiger partial charge is 0.395 e. The molecular formula is C14H20N2O4. The van der Waals surface area contributed by atoms with Gasteiger partial charge < -0.3 is 10.2 Å². The molecule has 110 valence electrons. The molecule has 1 aliphatic rings. The molecule has 0 aliphatic carbocycles. The monoisotopic (exact) mass is 280 g/mol. The number of likely N-dealkylation sites (tertiary alicyclic amines) is 1. The molecule has 0 spiro atoms. The summed E-state index contributed by atoms with van der Waals surface area (Å²) in [6.45, 7) is 1.61. The molecular weight excluding hydrogens is 260 g/mol. The van der Waals surface area contributed by atoms with Crippen LogP contribution in [0.4, 0.5) is 5.69 Å². The molecule has 0 radical (unpaired) electrons. The normalized spacial score (nSPS) is 19.5. The number of nitro groups is 1. The highest BCUT2D eigenvalue weighted by molar-refractivity contribution is 5.34. The van der Waals surface area contributed by atoms with Crippen molar-refractivity contribution in [3.8, 4) is 0 Å². The van der Waals surface area contributed by atoms with Gasteiger partial charge in [-0.05, 0) is 43.6 Å². The average molecular weight is 280 g/mol. The second kappa shape index (κ2) is 6.78. The molecule has 6 nitrogen and oxygen atoms in total. The average Bonchev–Trinajstić information content (AvgIpc) is 2.49. The van der Waals surface area contributed by atoms with Crippen LogP contribution in [-0.4, -0.2) is 45.8 Å². The van der Waals surface area contributed by atoms with E-state index in [4.69, 9.17) is 0 Å². The highest BCUT2D eigenvalue weighted by Crippen LogP contribution is 2.25. The van der Waals surface area contributed by atoms with Crippen LogP contribution in [-0.2, 0) is 0 Å². The van der Waals surface area contributed by atoms with Gasteiger partial charge in [-0.1, -0.05) is 6.42 Å². The standard InChI is InChI=1S/C14H20N2O4/c17-10-13(15-8-2-1-3-9-15)14(18)11-4-6-12(7-5-11)16(19)20/h4-7,13-14,17-18H,1-3,8-10H2/t13-,14-/m1/s1. The van der Waals surface area contributed by atoms with E-state index in [0.29, 0.717) is 5.56 Å². The number of hydrogen-bond donors (Lipinski definition) is 2. The van der Waals surface area contributed by atoms with Gasteiger partial charge in [-0.3, -0.25) is 15.0 Å². The predicted molar refractivity (Wildman–Crippen MR) is 74.4 cm³/mol. The maximum atomic E-state index is 10.6. The van der Waals surface area contributed by atoms with Crippen molar-refractivity contribution in [3.05, 3.63) is 39.9 Å². The van der Waals surface area contributed by atoms with Crippen LogP contribution in [0.1, 0.15) is 30.9 Å². The summed E-state index contributed by atoms with van der Waals surface area (Å²) >= 11 is 0. The Balaban J connectivity index is 2.10. The lowest BCUT2D eigenvalue weighted by Crippen LogP contribution is -2.45. The van der Waals surface area contributed by atoms with Crippen molar-refractivity contribution in [1.82, 2.24) is 4.90 Å². The van der Waals surface area contributed by atoms with Gasteiger partial charge >= 0.3 is 0 Å². The Bertz CT molecular complexity index is 443. The van der Waals surface area contributed by atoms with Gasteiger partial charge in [0.2, 0.25) is 0 Å². The number of hydrogen-bond acceptors (Lipinski definition) is 5. The van der Waals surface area contributed by atoms with Gasteiger partial charge in [-0.25, -0.2) is 0 Å². The lowest BCUT2D eigenvalue weighted by Gasteiger charge is -2.36. The number of nitro benzene ring substituents is 1. The zero-order valence-electron chi connectivity index (χ0n) is 11.3. The van der Waals surface area contributed by atoms with Gasteiger partial charge in [0.25, 0.3) is 5.69 Å². The van der Waals surface area contributed by atoms with Gasteiger partial charge in [-0.2, -0.15) is 0 Å². The number of rotatable bonds is 5. The fourth-order valence-corrected chi connectivity index (χ4v) is 2.68. The van der Waals surface area contributed by atoms with E-state index in [2.05, 4.69) is 4.90 Å². The Morgan fingerprint density at radius 1 is 1.20 bits per heavy atom. The van der Waals surface area contributed by atoms with E-state index in [1.54, 1.807) is 12.1 Å². The molecule has 1 saturated heterocycles. The Morgan fingerprint density at radius 3 is 2.30 bits per heavy atom. The first-order valence-corrected chi connectivity index (χ1v) is 6.91. The van der Waals surface area contributed by atoms with Crippen molar-refractivity contribution in [2.75, 3.05) is 19.7 Å². The summed E-state index contributed by atoms with van der Waals surface area (Å²) in [5.74, 6) is 0. The highest BCUT2D eigenvalue weighted by atomic mass is 16.6. The van der Waals surface area contributed by atoms with E-state index in [0.717, 1.165) is 25.9 Å². The molecule has 2 rings (SSSR count). The zero-order chi connectivity index (χ0) is 14.5. The summed E-state index contributed by atoms with van der Waals surface area (Å²) in [7, 11) is 0.